The van der Waals surface area contributed by atoms with Crippen LogP contribution >= 0.6 is 8.25 Å². The van der Waals surface area contributed by atoms with Crippen LogP contribution < -0.4 is 0 Å². The first-order valence-electron chi connectivity index (χ1n) is 11.6. The molecular weight excluding hydrogens is 402 g/mol. The van der Waals surface area contributed by atoms with Crippen molar-refractivity contribution in [1.29, 1.82) is 0 Å². The summed E-state index contributed by atoms with van der Waals surface area (Å²) in [6.45, 7) is 2.43. The summed E-state index contributed by atoms with van der Waals surface area (Å²) in [5.74, 6) is 0. The summed E-state index contributed by atoms with van der Waals surface area (Å²) in [6.07, 6.45) is 15.9. The van der Waals surface area contributed by atoms with Gasteiger partial charge in [0.05, 0.1) is 6.61 Å². The van der Waals surface area contributed by atoms with Gasteiger partial charge in [0.15, 0.2) is 6.10 Å². The first-order chi connectivity index (χ1) is 14.1. The molecule has 1 saturated heterocycles. The summed E-state index contributed by atoms with van der Waals surface area (Å²) in [7, 11) is 3.05. The van der Waals surface area contributed by atoms with Crippen LogP contribution in [0.25, 0.3) is 0 Å². The number of aliphatic hydroxyl groups is 1. The Balaban J connectivity index is 0.00000841. The monoisotopic (exact) mass is 447 g/mol. The third-order valence-corrected chi connectivity index (χ3v) is 5.97. The van der Waals surface area contributed by atoms with Crippen LogP contribution in [0.1, 0.15) is 104 Å². The molecule has 6 nitrogen and oxygen atoms in total. The molecule has 0 aromatic rings. The molecule has 2 unspecified atom stereocenters. The first kappa shape index (κ1) is 30.0. The first-order valence-corrected chi connectivity index (χ1v) is 12.7. The van der Waals surface area contributed by atoms with Gasteiger partial charge < -0.3 is 14.6 Å². The maximum absolute atomic E-state index is 11.0. The van der Waals surface area contributed by atoms with E-state index in [0.29, 0.717) is 6.61 Å². The summed E-state index contributed by atoms with van der Waals surface area (Å²) in [6, 6.07) is -0.765. The minimum atomic E-state index is -2.80. The average Bonchev–Trinajstić information content (AvgIpc) is 2.99. The second-order valence-electron chi connectivity index (χ2n) is 8.06. The fourth-order valence-electron chi connectivity index (χ4n) is 3.84. The molecule has 1 heterocycles. The third kappa shape index (κ3) is 13.4. The van der Waals surface area contributed by atoms with Crippen LogP contribution in [0.5, 0.6) is 0 Å². The molecule has 0 aliphatic carbocycles. The molecule has 0 saturated carbocycles. The Morgan fingerprint density at radius 3 is 1.77 bits per heavy atom. The molecule has 1 aliphatic heterocycles. The number of hydrogen-bond donors (Lipinski definition) is 2. The summed E-state index contributed by atoms with van der Waals surface area (Å²) in [5, 5.41) is 9.30. The van der Waals surface area contributed by atoms with Crippen LogP contribution in [-0.2, 0) is 18.6 Å². The van der Waals surface area contributed by atoms with Crippen molar-refractivity contribution >= 4 is 16.1 Å². The highest BCUT2D eigenvalue weighted by Gasteiger charge is 2.48. The number of rotatable bonds is 19. The summed E-state index contributed by atoms with van der Waals surface area (Å²) in [4.78, 5) is 8.99. The maximum atomic E-state index is 11.0. The van der Waals surface area contributed by atoms with Gasteiger partial charge in [0.2, 0.25) is 0 Å². The van der Waals surface area contributed by atoms with Crippen molar-refractivity contribution in [1.82, 2.24) is 0 Å². The van der Waals surface area contributed by atoms with Gasteiger partial charge in [-0.25, -0.2) is 0 Å². The molecule has 1 rings (SSSR count). The van der Waals surface area contributed by atoms with Crippen molar-refractivity contribution in [3.05, 3.63) is 0 Å². The molecule has 2 radical (unpaired) electrons. The van der Waals surface area contributed by atoms with Gasteiger partial charge in [0.25, 0.3) is 0 Å². The van der Waals surface area contributed by atoms with Crippen LogP contribution in [0.2, 0.25) is 0 Å². The van der Waals surface area contributed by atoms with Gasteiger partial charge >= 0.3 is 8.25 Å². The van der Waals surface area contributed by atoms with Crippen LogP contribution in [0, 0.1) is 0 Å². The molecule has 176 valence electrons. The topological polar surface area (TPSA) is 85.2 Å². The smallest absolute Gasteiger partial charge is 0.394 e. The largest absolute Gasteiger partial charge is 0.695 e. The Hall–Kier alpha value is -0.0351. The quantitative estimate of drug-likeness (QED) is 0.157. The Morgan fingerprint density at radius 1 is 0.867 bits per heavy atom. The van der Waals surface area contributed by atoms with Gasteiger partial charge in [-0.15, -0.1) is 9.42 Å². The Kier molecular flexibility index (Phi) is 19.6. The number of aliphatic hydroxyl groups excluding tert-OH is 1. The minimum absolute atomic E-state index is 0. The van der Waals surface area contributed by atoms with Crippen molar-refractivity contribution in [3.8, 4) is 0 Å². The molecule has 0 amide bonds. The van der Waals surface area contributed by atoms with Gasteiger partial charge in [0.1, 0.15) is 20.1 Å². The zero-order valence-electron chi connectivity index (χ0n) is 18.2. The molecule has 1 aliphatic rings. The van der Waals surface area contributed by atoms with Crippen molar-refractivity contribution in [2.45, 2.75) is 129 Å². The van der Waals surface area contributed by atoms with Crippen LogP contribution in [0.4, 0.5) is 0 Å². The number of ether oxygens (including phenoxy) is 2. The van der Waals surface area contributed by atoms with E-state index in [9.17, 15) is 9.67 Å². The van der Waals surface area contributed by atoms with E-state index >= 15 is 0 Å². The van der Waals surface area contributed by atoms with E-state index in [1.54, 1.807) is 0 Å². The lowest BCUT2D eigenvalue weighted by Crippen LogP contribution is -2.37. The van der Waals surface area contributed by atoms with Crippen molar-refractivity contribution < 1.29 is 28.6 Å². The SMILES string of the molecule is C.[B][C@@H]1O[C@H](CO)C(O[P+](=O)O)[C@@H]1OCCCCCCCCCCCCCCCC. The van der Waals surface area contributed by atoms with E-state index in [0.717, 1.165) is 12.8 Å². The fourth-order valence-corrected chi connectivity index (χ4v) is 4.30. The van der Waals surface area contributed by atoms with E-state index in [2.05, 4.69) is 6.92 Å². The second-order valence-corrected chi connectivity index (χ2v) is 8.75. The van der Waals surface area contributed by atoms with Crippen LogP contribution in [0.3, 0.4) is 0 Å². The molecule has 0 spiro atoms. The molecule has 1 fully saturated rings. The fraction of sp³-hybridized carbons (Fsp3) is 1.00. The normalized spacial score (nSPS) is 24.0. The molecular formula is C22H45BO6P+. The van der Waals surface area contributed by atoms with Gasteiger partial charge in [0, 0.05) is 17.2 Å². The molecule has 0 aromatic carbocycles. The summed E-state index contributed by atoms with van der Waals surface area (Å²) in [5.41, 5.74) is 0. The highest BCUT2D eigenvalue weighted by Crippen LogP contribution is 2.31. The zero-order chi connectivity index (χ0) is 21.3. The van der Waals surface area contributed by atoms with E-state index in [-0.39, 0.29) is 14.0 Å². The van der Waals surface area contributed by atoms with Crippen molar-refractivity contribution in [2.24, 2.45) is 0 Å². The molecule has 30 heavy (non-hydrogen) atoms. The maximum Gasteiger partial charge on any atom is 0.695 e. The standard InChI is InChI=1S/C21H40BO6P.CH4/c1-2-3-4-5-6-7-8-9-10-11-12-13-14-15-16-26-20-19(28-29(24)25)18(17-23)27-21(20)22;/h18-21,23H,2-17H2,1H3;1H4/p+1/t18-,19?,20+,21-;/m1./s1. The lowest BCUT2D eigenvalue weighted by Gasteiger charge is -2.18. The lowest BCUT2D eigenvalue weighted by atomic mass is 9.93. The van der Waals surface area contributed by atoms with Crippen molar-refractivity contribution in [3.63, 3.8) is 0 Å². The number of unbranched alkanes of at least 4 members (excludes halogenated alkanes) is 13. The van der Waals surface area contributed by atoms with Gasteiger partial charge in [-0.05, 0) is 6.42 Å². The average molecular weight is 447 g/mol. The minimum Gasteiger partial charge on any atom is -0.394 e. The number of hydrogen-bond acceptors (Lipinski definition) is 5. The Bertz CT molecular complexity index is 415. The Labute approximate surface area is 186 Å². The predicted molar refractivity (Wildman–Crippen MR) is 123 cm³/mol. The van der Waals surface area contributed by atoms with Crippen molar-refractivity contribution in [2.75, 3.05) is 13.2 Å². The van der Waals surface area contributed by atoms with Gasteiger partial charge in [-0.3, -0.25) is 0 Å². The lowest BCUT2D eigenvalue weighted by molar-refractivity contribution is -0.0176. The third-order valence-electron chi connectivity index (χ3n) is 5.55. The molecule has 0 aromatic heterocycles. The Morgan fingerprint density at radius 2 is 1.33 bits per heavy atom. The van der Waals surface area contributed by atoms with E-state index in [1.807, 2.05) is 0 Å². The molecule has 2 N–H and O–H groups in total. The van der Waals surface area contributed by atoms with Gasteiger partial charge in [-0.1, -0.05) is 97.8 Å². The van der Waals surface area contributed by atoms with Crippen LogP contribution in [-0.4, -0.2) is 55.4 Å². The van der Waals surface area contributed by atoms with Gasteiger partial charge in [-0.2, -0.15) is 0 Å². The van der Waals surface area contributed by atoms with E-state index in [1.165, 1.54) is 77.0 Å². The highest BCUT2D eigenvalue weighted by atomic mass is 31.1. The van der Waals surface area contributed by atoms with Crippen LogP contribution in [0.15, 0.2) is 0 Å². The summed E-state index contributed by atoms with van der Waals surface area (Å²) < 4.78 is 27.0. The predicted octanol–water partition coefficient (Wildman–Crippen LogP) is 5.41. The highest BCUT2D eigenvalue weighted by molar-refractivity contribution is 7.32. The molecule has 8 heteroatoms. The zero-order valence-corrected chi connectivity index (χ0v) is 19.1. The summed E-state index contributed by atoms with van der Waals surface area (Å²) >= 11 is 0. The van der Waals surface area contributed by atoms with E-state index < -0.39 is 32.6 Å². The second kappa shape index (κ2) is 19.6. The molecule has 0 bridgehead atoms. The molecule has 5 atom stereocenters. The van der Waals surface area contributed by atoms with E-state index in [4.69, 9.17) is 26.7 Å².